The van der Waals surface area contributed by atoms with Crippen LogP contribution in [0.15, 0.2) is 72.4 Å². The highest BCUT2D eigenvalue weighted by Crippen LogP contribution is 2.35. The van der Waals surface area contributed by atoms with Crippen LogP contribution in [0.5, 0.6) is 0 Å². The molecular formula is C28H30F3N5. The minimum atomic E-state index is -4.52. The number of aryl methyl sites for hydroxylation is 1. The van der Waals surface area contributed by atoms with Crippen molar-refractivity contribution in [1.82, 2.24) is 14.9 Å². The van der Waals surface area contributed by atoms with E-state index >= 15 is 0 Å². The molecule has 0 aliphatic carbocycles. The van der Waals surface area contributed by atoms with Crippen LogP contribution in [0.2, 0.25) is 0 Å². The summed E-state index contributed by atoms with van der Waals surface area (Å²) >= 11 is 0. The Morgan fingerprint density at radius 1 is 1.03 bits per heavy atom. The van der Waals surface area contributed by atoms with E-state index in [-0.39, 0.29) is 11.4 Å². The molecule has 0 bridgehead atoms. The number of allylic oxidation sites excluding steroid dienone is 1. The second-order valence-electron chi connectivity index (χ2n) is 9.04. The number of likely N-dealkylation sites (tertiary alicyclic amines) is 1. The summed E-state index contributed by atoms with van der Waals surface area (Å²) in [6.07, 6.45) is 5.23. The van der Waals surface area contributed by atoms with Crippen molar-refractivity contribution in [2.45, 2.75) is 38.9 Å². The Balaban J connectivity index is 1.60. The molecule has 188 valence electrons. The van der Waals surface area contributed by atoms with E-state index in [0.29, 0.717) is 5.71 Å². The van der Waals surface area contributed by atoms with E-state index < -0.39 is 11.7 Å². The fourth-order valence-electron chi connectivity index (χ4n) is 4.55. The van der Waals surface area contributed by atoms with E-state index in [4.69, 9.17) is 0 Å². The van der Waals surface area contributed by atoms with E-state index in [9.17, 15) is 13.2 Å². The maximum atomic E-state index is 13.5. The fraction of sp³-hybridized carbons (Fsp3) is 0.321. The minimum Gasteiger partial charge on any atom is -0.352 e. The summed E-state index contributed by atoms with van der Waals surface area (Å²) in [7, 11) is 1.60. The highest BCUT2D eigenvalue weighted by atomic mass is 19.4. The van der Waals surface area contributed by atoms with Gasteiger partial charge in [0.15, 0.2) is 0 Å². The number of pyridine rings is 2. The third-order valence-corrected chi connectivity index (χ3v) is 6.40. The molecule has 4 rings (SSSR count). The maximum Gasteiger partial charge on any atom is 0.418 e. The molecule has 0 unspecified atom stereocenters. The quantitative estimate of drug-likeness (QED) is 0.382. The van der Waals surface area contributed by atoms with Crippen LogP contribution in [-0.2, 0) is 12.7 Å². The molecule has 3 aromatic rings. The molecule has 8 heteroatoms. The van der Waals surface area contributed by atoms with Gasteiger partial charge >= 0.3 is 6.18 Å². The number of aliphatic imine (C=N–C) groups is 1. The molecule has 0 saturated carbocycles. The third-order valence-electron chi connectivity index (χ3n) is 6.40. The molecule has 1 N–H and O–H groups in total. The smallest absolute Gasteiger partial charge is 0.352 e. The van der Waals surface area contributed by atoms with Crippen molar-refractivity contribution in [2.24, 2.45) is 4.99 Å². The predicted molar refractivity (Wildman–Crippen MR) is 138 cm³/mol. The summed E-state index contributed by atoms with van der Waals surface area (Å²) in [6.45, 7) is 9.01. The monoisotopic (exact) mass is 493 g/mol. The first-order chi connectivity index (χ1) is 17.3. The Morgan fingerprint density at radius 3 is 2.53 bits per heavy atom. The van der Waals surface area contributed by atoms with Gasteiger partial charge in [-0.2, -0.15) is 13.2 Å². The maximum absolute atomic E-state index is 13.5. The van der Waals surface area contributed by atoms with Gasteiger partial charge in [0.05, 0.1) is 28.9 Å². The van der Waals surface area contributed by atoms with Crippen LogP contribution in [0.4, 0.5) is 18.9 Å². The number of piperidine rings is 1. The number of hydrogen-bond donors (Lipinski definition) is 1. The molecule has 5 nitrogen and oxygen atoms in total. The van der Waals surface area contributed by atoms with Crippen LogP contribution in [0.25, 0.3) is 11.1 Å². The van der Waals surface area contributed by atoms with Gasteiger partial charge in [0.2, 0.25) is 0 Å². The first-order valence-electron chi connectivity index (χ1n) is 12.0. The molecule has 0 radical (unpaired) electrons. The van der Waals surface area contributed by atoms with Crippen LogP contribution >= 0.6 is 0 Å². The Bertz CT molecular complexity index is 1260. The molecule has 1 aliphatic rings. The zero-order valence-corrected chi connectivity index (χ0v) is 20.6. The first-order valence-corrected chi connectivity index (χ1v) is 12.0. The second-order valence-corrected chi connectivity index (χ2v) is 9.04. The number of halogens is 3. The number of rotatable bonds is 7. The van der Waals surface area contributed by atoms with Gasteiger partial charge in [-0.15, -0.1) is 0 Å². The molecule has 0 atom stereocenters. The van der Waals surface area contributed by atoms with Gasteiger partial charge in [0.25, 0.3) is 0 Å². The normalized spacial score (nSPS) is 15.1. The van der Waals surface area contributed by atoms with Crippen LogP contribution in [0, 0.1) is 6.92 Å². The van der Waals surface area contributed by atoms with E-state index in [0.717, 1.165) is 65.9 Å². The van der Waals surface area contributed by atoms with Crippen molar-refractivity contribution in [3.8, 4) is 11.1 Å². The number of aromatic nitrogens is 2. The van der Waals surface area contributed by atoms with Crippen molar-refractivity contribution in [1.29, 1.82) is 0 Å². The van der Waals surface area contributed by atoms with Crippen LogP contribution in [0.1, 0.15) is 41.5 Å². The molecule has 2 aromatic heterocycles. The zero-order valence-electron chi connectivity index (χ0n) is 20.6. The number of hydrogen-bond acceptors (Lipinski definition) is 5. The Hall–Kier alpha value is -3.52. The molecule has 3 heterocycles. The van der Waals surface area contributed by atoms with E-state index in [2.05, 4.69) is 37.8 Å². The van der Waals surface area contributed by atoms with Gasteiger partial charge in [0.1, 0.15) is 0 Å². The number of anilines is 1. The molecule has 0 amide bonds. The standard InChI is InChI=1S/C28H30F3N5/c1-19-7-8-22(23-13-21(15-34-16-23)18-36-11-5-4-6-12-36)14-24(19)27(32-3)20(2)35-26-17-33-10-9-25(26)28(29,30)31/h7-10,13-17,35H,2,4-6,11-12,18H2,1,3H3. The predicted octanol–water partition coefficient (Wildman–Crippen LogP) is 6.50. The number of nitrogens with one attached hydrogen (secondary N) is 1. The molecule has 1 aliphatic heterocycles. The summed E-state index contributed by atoms with van der Waals surface area (Å²) in [6, 6.07) is 9.07. The highest BCUT2D eigenvalue weighted by Gasteiger charge is 2.33. The molecule has 36 heavy (non-hydrogen) atoms. The van der Waals surface area contributed by atoms with E-state index in [1.165, 1.54) is 19.3 Å². The fourth-order valence-corrected chi connectivity index (χ4v) is 4.55. The van der Waals surface area contributed by atoms with Gasteiger partial charge in [0, 0.05) is 43.3 Å². The first kappa shape index (κ1) is 25.6. The summed E-state index contributed by atoms with van der Waals surface area (Å²) in [4.78, 5) is 15.1. The third kappa shape index (κ3) is 5.99. The summed E-state index contributed by atoms with van der Waals surface area (Å²) in [5.41, 5.74) is 4.56. The topological polar surface area (TPSA) is 53.4 Å². The van der Waals surface area contributed by atoms with E-state index in [1.54, 1.807) is 7.05 Å². The van der Waals surface area contributed by atoms with Gasteiger partial charge < -0.3 is 5.32 Å². The van der Waals surface area contributed by atoms with E-state index in [1.807, 2.05) is 37.5 Å². The molecule has 1 fully saturated rings. The zero-order chi connectivity index (χ0) is 25.7. The summed E-state index contributed by atoms with van der Waals surface area (Å²) in [5.74, 6) is 0. The number of nitrogens with zero attached hydrogens (tertiary/aromatic N) is 4. The van der Waals surface area contributed by atoms with Gasteiger partial charge in [-0.05, 0) is 67.7 Å². The lowest BCUT2D eigenvalue weighted by Crippen LogP contribution is -2.29. The Kier molecular flexibility index (Phi) is 7.84. The Labute approximate surface area is 209 Å². The van der Waals surface area contributed by atoms with Crippen molar-refractivity contribution in [3.05, 3.63) is 89.6 Å². The van der Waals surface area contributed by atoms with Crippen molar-refractivity contribution in [2.75, 3.05) is 25.5 Å². The average Bonchev–Trinajstić information content (AvgIpc) is 2.86. The average molecular weight is 494 g/mol. The molecular weight excluding hydrogens is 463 g/mol. The lowest BCUT2D eigenvalue weighted by atomic mass is 9.96. The minimum absolute atomic E-state index is 0.167. The summed E-state index contributed by atoms with van der Waals surface area (Å²) in [5, 5.41) is 2.78. The van der Waals surface area contributed by atoms with Crippen molar-refractivity contribution in [3.63, 3.8) is 0 Å². The van der Waals surface area contributed by atoms with Gasteiger partial charge in [-0.25, -0.2) is 0 Å². The largest absolute Gasteiger partial charge is 0.418 e. The summed E-state index contributed by atoms with van der Waals surface area (Å²) < 4.78 is 40.4. The van der Waals surface area contributed by atoms with Crippen LogP contribution in [-0.4, -0.2) is 40.7 Å². The molecule has 1 saturated heterocycles. The van der Waals surface area contributed by atoms with Crippen LogP contribution < -0.4 is 5.32 Å². The lowest BCUT2D eigenvalue weighted by Gasteiger charge is -2.26. The SMILES string of the molecule is C=C(Nc1cnccc1C(F)(F)F)C(=NC)c1cc(-c2cncc(CN3CCCCC3)c2)ccc1C. The van der Waals surface area contributed by atoms with Gasteiger partial charge in [-0.3, -0.25) is 19.9 Å². The van der Waals surface area contributed by atoms with Crippen molar-refractivity contribution >= 4 is 11.4 Å². The highest BCUT2D eigenvalue weighted by molar-refractivity contribution is 6.15. The lowest BCUT2D eigenvalue weighted by molar-refractivity contribution is -0.137. The second kappa shape index (κ2) is 11.0. The molecule has 1 aromatic carbocycles. The van der Waals surface area contributed by atoms with Gasteiger partial charge in [-0.1, -0.05) is 25.1 Å². The van der Waals surface area contributed by atoms with Crippen molar-refractivity contribution < 1.29 is 13.2 Å². The number of alkyl halides is 3. The molecule has 0 spiro atoms. The Morgan fingerprint density at radius 2 is 1.81 bits per heavy atom. The number of benzene rings is 1. The van der Waals surface area contributed by atoms with Crippen LogP contribution in [0.3, 0.4) is 0 Å².